The maximum absolute atomic E-state index is 15.0. The van der Waals surface area contributed by atoms with Crippen molar-refractivity contribution < 1.29 is 31.9 Å². The van der Waals surface area contributed by atoms with E-state index >= 15 is 0 Å². The molecule has 4 aromatic rings. The van der Waals surface area contributed by atoms with Crippen molar-refractivity contribution in [3.8, 4) is 22.8 Å². The Kier molecular flexibility index (Phi) is 8.48. The van der Waals surface area contributed by atoms with E-state index in [1.807, 2.05) is 31.2 Å². The third-order valence-corrected chi connectivity index (χ3v) is 7.14. The number of urea groups is 1. The topological polar surface area (TPSA) is 102 Å². The number of aliphatic imine (C=N–C) groups is 1. The summed E-state index contributed by atoms with van der Waals surface area (Å²) < 4.78 is 59.8. The van der Waals surface area contributed by atoms with Gasteiger partial charge >= 0.3 is 12.2 Å². The van der Waals surface area contributed by atoms with E-state index in [1.54, 1.807) is 23.7 Å². The smallest absolute Gasteiger partial charge is 0.392 e. The molecule has 43 heavy (non-hydrogen) atoms. The molecule has 0 aliphatic carbocycles. The Morgan fingerprint density at radius 1 is 1.07 bits per heavy atom. The number of alkyl halides is 3. The van der Waals surface area contributed by atoms with Gasteiger partial charge in [0.2, 0.25) is 5.91 Å². The van der Waals surface area contributed by atoms with Crippen LogP contribution in [0.3, 0.4) is 0 Å². The zero-order valence-electron chi connectivity index (χ0n) is 22.9. The van der Waals surface area contributed by atoms with Crippen LogP contribution in [-0.2, 0) is 4.79 Å². The van der Waals surface area contributed by atoms with Crippen LogP contribution >= 0.6 is 11.8 Å². The first-order chi connectivity index (χ1) is 20.5. The number of nitrogens with one attached hydrogen (secondary N) is 1. The van der Waals surface area contributed by atoms with E-state index in [1.165, 1.54) is 30.6 Å². The van der Waals surface area contributed by atoms with Gasteiger partial charge in [0.15, 0.2) is 11.0 Å². The summed E-state index contributed by atoms with van der Waals surface area (Å²) in [7, 11) is 0. The van der Waals surface area contributed by atoms with E-state index in [4.69, 9.17) is 4.74 Å². The Morgan fingerprint density at radius 3 is 2.53 bits per heavy atom. The van der Waals surface area contributed by atoms with Crippen molar-refractivity contribution in [2.45, 2.75) is 26.4 Å². The van der Waals surface area contributed by atoms with Crippen LogP contribution in [0.15, 0.2) is 72.0 Å². The molecule has 0 atom stereocenters. The number of aromatic nitrogens is 3. The summed E-state index contributed by atoms with van der Waals surface area (Å²) in [6.45, 7) is 3.04. The van der Waals surface area contributed by atoms with Crippen molar-refractivity contribution in [1.82, 2.24) is 14.8 Å². The molecule has 1 aliphatic heterocycles. The van der Waals surface area contributed by atoms with Crippen LogP contribution in [0.2, 0.25) is 0 Å². The fourth-order valence-electron chi connectivity index (χ4n) is 4.09. The van der Waals surface area contributed by atoms with Crippen molar-refractivity contribution >= 4 is 40.2 Å². The van der Waals surface area contributed by atoms with Gasteiger partial charge in [-0.05, 0) is 61.9 Å². The van der Waals surface area contributed by atoms with Gasteiger partial charge in [-0.1, -0.05) is 35.5 Å². The number of anilines is 2. The molecule has 1 aliphatic rings. The van der Waals surface area contributed by atoms with Gasteiger partial charge < -0.3 is 10.1 Å². The number of ether oxygens (including phenoxy) is 1. The van der Waals surface area contributed by atoms with Gasteiger partial charge in [0.05, 0.1) is 35.8 Å². The lowest BCUT2D eigenvalue weighted by Crippen LogP contribution is -2.31. The number of halogens is 4. The van der Waals surface area contributed by atoms with Gasteiger partial charge in [0, 0.05) is 5.56 Å². The number of thioether (sulfide) groups is 1. The SMILES string of the molecule is Cc1ccc(-n2cnc(-c3ccc(NC(=O)/N=C4\SCC(=O)N4c4cc(C)ccc4OCCC(F)(F)F)c(F)c3)n2)cc1. The predicted molar refractivity (Wildman–Crippen MR) is 155 cm³/mol. The standard InChI is InChI=1S/C29H24F4N6O3S/c1-17-3-7-20(8-4-17)38-16-34-26(37-38)19-6-9-22(21(30)14-19)35-27(41)36-28-39(25(40)15-43-28)23-13-18(2)5-10-24(23)42-12-11-29(31,32)33/h3-10,13-14,16H,11-12,15H2,1-2H3,(H,35,41)/b36-28-. The molecule has 0 saturated carbocycles. The van der Waals surface area contributed by atoms with E-state index < -0.39 is 37.0 Å². The van der Waals surface area contributed by atoms with Gasteiger partial charge in [-0.15, -0.1) is 5.10 Å². The maximum atomic E-state index is 15.0. The fraction of sp³-hybridized carbons (Fsp3) is 0.207. The van der Waals surface area contributed by atoms with Crippen LogP contribution in [0.5, 0.6) is 5.75 Å². The zero-order valence-corrected chi connectivity index (χ0v) is 23.7. The Balaban J connectivity index is 1.32. The third kappa shape index (κ3) is 7.20. The third-order valence-electron chi connectivity index (χ3n) is 6.22. The van der Waals surface area contributed by atoms with E-state index in [0.29, 0.717) is 11.1 Å². The maximum Gasteiger partial charge on any atom is 0.392 e. The first kappa shape index (κ1) is 29.8. The van der Waals surface area contributed by atoms with Gasteiger partial charge in [-0.2, -0.15) is 18.2 Å². The van der Waals surface area contributed by atoms with Gasteiger partial charge in [-0.25, -0.2) is 18.9 Å². The van der Waals surface area contributed by atoms with Crippen LogP contribution in [0.4, 0.5) is 33.7 Å². The van der Waals surface area contributed by atoms with Crippen LogP contribution in [0, 0.1) is 19.7 Å². The van der Waals surface area contributed by atoms with Crippen LogP contribution in [0.25, 0.3) is 17.1 Å². The summed E-state index contributed by atoms with van der Waals surface area (Å²) in [5.74, 6) is -0.966. The minimum atomic E-state index is -4.41. The number of nitrogens with zero attached hydrogens (tertiary/aromatic N) is 5. The molecule has 3 amide bonds. The Hall–Kier alpha value is -4.72. The van der Waals surface area contributed by atoms with Crippen LogP contribution in [0.1, 0.15) is 17.5 Å². The number of amidine groups is 1. The molecule has 14 heteroatoms. The van der Waals surface area contributed by atoms with Crippen molar-refractivity contribution in [2.75, 3.05) is 22.6 Å². The molecular formula is C29H24F4N6O3S. The zero-order chi connectivity index (χ0) is 30.7. The summed E-state index contributed by atoms with van der Waals surface area (Å²) in [5.41, 5.74) is 2.95. The van der Waals surface area contributed by atoms with E-state index in [2.05, 4.69) is 20.4 Å². The highest BCUT2D eigenvalue weighted by atomic mass is 32.2. The largest absolute Gasteiger partial charge is 0.491 e. The van der Waals surface area contributed by atoms with E-state index in [0.717, 1.165) is 27.9 Å². The van der Waals surface area contributed by atoms with E-state index in [9.17, 15) is 27.2 Å². The molecule has 3 aromatic carbocycles. The normalized spacial score (nSPS) is 14.4. The molecule has 222 valence electrons. The highest BCUT2D eigenvalue weighted by Gasteiger charge is 2.33. The number of aryl methyl sites for hydroxylation is 2. The highest BCUT2D eigenvalue weighted by molar-refractivity contribution is 8.15. The molecular weight excluding hydrogens is 588 g/mol. The lowest BCUT2D eigenvalue weighted by molar-refractivity contribution is -0.139. The summed E-state index contributed by atoms with van der Waals surface area (Å²) in [6.07, 6.45) is -4.08. The minimum absolute atomic E-state index is 0.0267. The Bertz CT molecular complexity index is 1710. The summed E-state index contributed by atoms with van der Waals surface area (Å²) in [6, 6.07) is 15.4. The molecule has 0 spiro atoms. The van der Waals surface area contributed by atoms with Gasteiger partial charge in [0.25, 0.3) is 0 Å². The Labute approximate surface area is 247 Å². The first-order valence-electron chi connectivity index (χ1n) is 12.9. The molecule has 0 radical (unpaired) electrons. The van der Waals surface area contributed by atoms with Crippen molar-refractivity contribution in [2.24, 2.45) is 4.99 Å². The second kappa shape index (κ2) is 12.3. The summed E-state index contributed by atoms with van der Waals surface area (Å²) in [5, 5.41) is 6.72. The van der Waals surface area contributed by atoms with Gasteiger partial charge in [0.1, 0.15) is 17.9 Å². The Morgan fingerprint density at radius 2 is 1.81 bits per heavy atom. The first-order valence-corrected chi connectivity index (χ1v) is 13.9. The predicted octanol–water partition coefficient (Wildman–Crippen LogP) is 6.69. The molecule has 9 nitrogen and oxygen atoms in total. The number of rotatable bonds is 7. The number of hydrogen-bond acceptors (Lipinski definition) is 6. The lowest BCUT2D eigenvalue weighted by Gasteiger charge is -2.20. The van der Waals surface area contributed by atoms with Crippen molar-refractivity contribution in [3.63, 3.8) is 0 Å². The number of benzene rings is 3. The highest BCUT2D eigenvalue weighted by Crippen LogP contribution is 2.36. The molecule has 5 rings (SSSR count). The molecule has 0 bridgehead atoms. The molecule has 1 fully saturated rings. The quantitative estimate of drug-likeness (QED) is 0.234. The second-order valence-corrected chi connectivity index (χ2v) is 10.5. The summed E-state index contributed by atoms with van der Waals surface area (Å²) >= 11 is 0.957. The van der Waals surface area contributed by atoms with Crippen molar-refractivity contribution in [1.29, 1.82) is 0 Å². The molecule has 1 saturated heterocycles. The molecule has 0 unspecified atom stereocenters. The van der Waals surface area contributed by atoms with Crippen LogP contribution < -0.4 is 15.0 Å². The molecule has 1 N–H and O–H groups in total. The van der Waals surface area contributed by atoms with Crippen LogP contribution in [-0.4, -0.2) is 50.4 Å². The average molecular weight is 613 g/mol. The van der Waals surface area contributed by atoms with Gasteiger partial charge in [-0.3, -0.25) is 9.69 Å². The second-order valence-electron chi connectivity index (χ2n) is 9.57. The van der Waals surface area contributed by atoms with Crippen molar-refractivity contribution in [3.05, 3.63) is 83.9 Å². The lowest BCUT2D eigenvalue weighted by atomic mass is 10.2. The number of carbonyl (C=O) groups excluding carboxylic acids is 2. The fourth-order valence-corrected chi connectivity index (χ4v) is 4.94. The molecule has 1 aromatic heterocycles. The number of amides is 3. The minimum Gasteiger partial charge on any atom is -0.491 e. The van der Waals surface area contributed by atoms with E-state index in [-0.39, 0.29) is 33.9 Å². The monoisotopic (exact) mass is 612 g/mol. The molecule has 2 heterocycles. The summed E-state index contributed by atoms with van der Waals surface area (Å²) in [4.78, 5) is 34.8. The average Bonchev–Trinajstić information content (AvgIpc) is 3.57. The number of carbonyl (C=O) groups is 2. The number of hydrogen-bond donors (Lipinski definition) is 1.